The zero-order valence-electron chi connectivity index (χ0n) is 16.3. The van der Waals surface area contributed by atoms with Crippen LogP contribution in [0.15, 0.2) is 51.8 Å². The molecule has 0 unspecified atom stereocenters. The third-order valence-corrected chi connectivity index (χ3v) is 6.29. The number of carbonyl (C=O) groups excluding carboxylic acids is 1. The molecule has 1 aliphatic rings. The highest BCUT2D eigenvalue weighted by Crippen LogP contribution is 2.38. The van der Waals surface area contributed by atoms with Gasteiger partial charge in [0.2, 0.25) is 0 Å². The number of benzene rings is 2. The maximum absolute atomic E-state index is 12.9. The van der Waals surface area contributed by atoms with Crippen LogP contribution < -0.4 is 9.47 Å². The van der Waals surface area contributed by atoms with Gasteiger partial charge in [0.15, 0.2) is 0 Å². The van der Waals surface area contributed by atoms with Crippen LogP contribution >= 0.6 is 39.9 Å². The summed E-state index contributed by atoms with van der Waals surface area (Å²) in [5, 5.41) is 0. The Hall–Kier alpha value is -1.83. The van der Waals surface area contributed by atoms with E-state index >= 15 is 0 Å². The van der Waals surface area contributed by atoms with Crippen LogP contribution in [0, 0.1) is 0 Å². The van der Waals surface area contributed by atoms with Gasteiger partial charge in [0, 0.05) is 18.2 Å². The van der Waals surface area contributed by atoms with E-state index in [4.69, 9.17) is 21.7 Å². The Labute approximate surface area is 189 Å². The maximum Gasteiger partial charge on any atom is 0.266 e. The fraction of sp³-hybridized carbons (Fsp3) is 0.273. The lowest BCUT2D eigenvalue weighted by Crippen LogP contribution is -2.30. The van der Waals surface area contributed by atoms with Gasteiger partial charge in [0.25, 0.3) is 5.91 Å². The van der Waals surface area contributed by atoms with Gasteiger partial charge >= 0.3 is 0 Å². The van der Waals surface area contributed by atoms with Crippen LogP contribution in [0.1, 0.15) is 25.0 Å². The van der Waals surface area contributed by atoms with Crippen molar-refractivity contribution in [2.24, 2.45) is 0 Å². The van der Waals surface area contributed by atoms with Crippen LogP contribution in [-0.2, 0) is 11.2 Å². The summed E-state index contributed by atoms with van der Waals surface area (Å²) < 4.78 is 12.8. The van der Waals surface area contributed by atoms with Crippen molar-refractivity contribution in [2.75, 3.05) is 19.8 Å². The van der Waals surface area contributed by atoms with Crippen LogP contribution in [0.4, 0.5) is 0 Å². The van der Waals surface area contributed by atoms with Crippen LogP contribution in [0.2, 0.25) is 0 Å². The molecule has 0 spiro atoms. The van der Waals surface area contributed by atoms with Gasteiger partial charge in [0.05, 0.1) is 22.6 Å². The normalized spacial score (nSPS) is 15.3. The van der Waals surface area contributed by atoms with Crippen molar-refractivity contribution in [3.63, 3.8) is 0 Å². The molecule has 7 heteroatoms. The summed E-state index contributed by atoms with van der Waals surface area (Å²) in [6, 6.07) is 13.8. The van der Waals surface area contributed by atoms with E-state index < -0.39 is 0 Å². The molecule has 3 rings (SSSR count). The molecule has 1 fully saturated rings. The monoisotopic (exact) mass is 491 g/mol. The fourth-order valence-corrected chi connectivity index (χ4v) is 4.70. The summed E-state index contributed by atoms with van der Waals surface area (Å²) in [5.41, 5.74) is 1.99. The molecule has 0 saturated carbocycles. The van der Waals surface area contributed by atoms with E-state index in [1.807, 2.05) is 50.3 Å². The molecule has 152 valence electrons. The lowest BCUT2D eigenvalue weighted by molar-refractivity contribution is -0.122. The molecular weight excluding hydrogens is 470 g/mol. The zero-order valence-corrected chi connectivity index (χ0v) is 19.5. The van der Waals surface area contributed by atoms with Crippen LogP contribution in [0.3, 0.4) is 0 Å². The largest absolute Gasteiger partial charge is 0.493 e. The predicted molar refractivity (Wildman–Crippen MR) is 127 cm³/mol. The molecule has 0 atom stereocenters. The van der Waals surface area contributed by atoms with Gasteiger partial charge in [-0.3, -0.25) is 9.69 Å². The Balaban J connectivity index is 1.82. The number of hydrogen-bond acceptors (Lipinski definition) is 5. The maximum atomic E-state index is 12.9. The van der Waals surface area contributed by atoms with Crippen molar-refractivity contribution in [2.45, 2.75) is 20.3 Å². The van der Waals surface area contributed by atoms with E-state index in [0.29, 0.717) is 40.5 Å². The van der Waals surface area contributed by atoms with Crippen LogP contribution in [0.5, 0.6) is 11.5 Å². The standard InChI is InChI=1S/C22H22BrNO3S2/c1-3-26-18-14-19(27-4-2)17(23)12-16(18)13-20-21(25)24(22(28)29-20)11-10-15-8-6-5-7-9-15/h5-9,12-14H,3-4,10-11H2,1-2H3. The average molecular weight is 492 g/mol. The summed E-state index contributed by atoms with van der Waals surface area (Å²) in [4.78, 5) is 15.2. The van der Waals surface area contributed by atoms with Gasteiger partial charge in [-0.25, -0.2) is 0 Å². The molecular formula is C22H22BrNO3S2. The highest BCUT2D eigenvalue weighted by molar-refractivity contribution is 9.10. The number of hydrogen-bond donors (Lipinski definition) is 0. The van der Waals surface area contributed by atoms with Gasteiger partial charge in [-0.05, 0) is 53.9 Å². The van der Waals surface area contributed by atoms with Crippen molar-refractivity contribution in [3.05, 3.63) is 63.0 Å². The number of halogens is 1. The molecule has 0 aliphatic carbocycles. The first-order valence-electron chi connectivity index (χ1n) is 9.42. The molecule has 0 N–H and O–H groups in total. The second-order valence-corrected chi connectivity index (χ2v) is 8.79. The number of rotatable bonds is 8. The van der Waals surface area contributed by atoms with Crippen molar-refractivity contribution < 1.29 is 14.3 Å². The predicted octanol–water partition coefficient (Wildman–Crippen LogP) is 5.69. The first-order chi connectivity index (χ1) is 14.0. The second-order valence-electron chi connectivity index (χ2n) is 6.26. The highest BCUT2D eigenvalue weighted by atomic mass is 79.9. The Bertz CT molecular complexity index is 931. The van der Waals surface area contributed by atoms with E-state index in [1.54, 1.807) is 4.90 Å². The molecule has 29 heavy (non-hydrogen) atoms. The van der Waals surface area contributed by atoms with Crippen molar-refractivity contribution in [1.82, 2.24) is 4.90 Å². The molecule has 0 aromatic heterocycles. The molecule has 1 heterocycles. The molecule has 0 bridgehead atoms. The van der Waals surface area contributed by atoms with Gasteiger partial charge < -0.3 is 9.47 Å². The van der Waals surface area contributed by atoms with Gasteiger partial charge in [-0.1, -0.05) is 54.3 Å². The molecule has 1 saturated heterocycles. The van der Waals surface area contributed by atoms with Crippen LogP contribution in [-0.4, -0.2) is 34.9 Å². The van der Waals surface area contributed by atoms with Gasteiger partial charge in [-0.15, -0.1) is 0 Å². The fourth-order valence-electron chi connectivity index (χ4n) is 2.93. The first-order valence-corrected chi connectivity index (χ1v) is 11.4. The highest BCUT2D eigenvalue weighted by Gasteiger charge is 2.32. The van der Waals surface area contributed by atoms with E-state index in [1.165, 1.54) is 17.3 Å². The second kappa shape index (κ2) is 10.3. The Morgan fingerprint density at radius 2 is 1.79 bits per heavy atom. The minimum absolute atomic E-state index is 0.0663. The first kappa shape index (κ1) is 21.9. The van der Waals surface area contributed by atoms with Crippen LogP contribution in [0.25, 0.3) is 6.08 Å². The van der Waals surface area contributed by atoms with E-state index in [2.05, 4.69) is 28.1 Å². The lowest BCUT2D eigenvalue weighted by Gasteiger charge is -2.14. The quantitative estimate of drug-likeness (QED) is 0.350. The topological polar surface area (TPSA) is 38.8 Å². The zero-order chi connectivity index (χ0) is 20.8. The number of amides is 1. The third-order valence-electron chi connectivity index (χ3n) is 4.29. The number of nitrogens with zero attached hydrogens (tertiary/aromatic N) is 1. The van der Waals surface area contributed by atoms with Crippen molar-refractivity contribution in [3.8, 4) is 11.5 Å². The Morgan fingerprint density at radius 3 is 2.48 bits per heavy atom. The number of ether oxygens (including phenoxy) is 2. The SMILES string of the molecule is CCOc1cc(OCC)c(C=C2SC(=S)N(CCc3ccccc3)C2=O)cc1Br. The summed E-state index contributed by atoms with van der Waals surface area (Å²) in [6.45, 7) is 5.50. The smallest absolute Gasteiger partial charge is 0.266 e. The minimum Gasteiger partial charge on any atom is -0.493 e. The summed E-state index contributed by atoms with van der Waals surface area (Å²) in [7, 11) is 0. The number of carbonyl (C=O) groups is 1. The van der Waals surface area contributed by atoms with E-state index in [9.17, 15) is 4.79 Å². The average Bonchev–Trinajstić information content (AvgIpc) is 2.97. The third kappa shape index (κ3) is 5.41. The molecule has 2 aromatic carbocycles. The Morgan fingerprint density at radius 1 is 1.10 bits per heavy atom. The molecule has 1 aliphatic heterocycles. The number of thioether (sulfide) groups is 1. The van der Waals surface area contributed by atoms with Crippen molar-refractivity contribution >= 4 is 56.2 Å². The molecule has 1 amide bonds. The van der Waals surface area contributed by atoms with Gasteiger partial charge in [0.1, 0.15) is 15.8 Å². The molecule has 2 aromatic rings. The summed E-state index contributed by atoms with van der Waals surface area (Å²) in [6.07, 6.45) is 2.60. The summed E-state index contributed by atoms with van der Waals surface area (Å²) in [5.74, 6) is 1.32. The van der Waals surface area contributed by atoms with E-state index in [0.717, 1.165) is 16.5 Å². The van der Waals surface area contributed by atoms with Crippen molar-refractivity contribution in [1.29, 1.82) is 0 Å². The number of thiocarbonyl (C=S) groups is 1. The molecule has 4 nitrogen and oxygen atoms in total. The van der Waals surface area contributed by atoms with Gasteiger partial charge in [-0.2, -0.15) is 0 Å². The minimum atomic E-state index is -0.0663. The van der Waals surface area contributed by atoms with E-state index in [-0.39, 0.29) is 5.91 Å². The Kier molecular flexibility index (Phi) is 7.75. The molecule has 0 radical (unpaired) electrons. The lowest BCUT2D eigenvalue weighted by atomic mass is 10.1. The summed E-state index contributed by atoms with van der Waals surface area (Å²) >= 11 is 10.3.